The first kappa shape index (κ1) is 13.5. The molecule has 0 saturated carbocycles. The molecule has 0 fully saturated rings. The molecule has 1 aliphatic rings. The van der Waals surface area contributed by atoms with Gasteiger partial charge in [-0.1, -0.05) is 29.8 Å². The lowest BCUT2D eigenvalue weighted by atomic mass is 10.0. The summed E-state index contributed by atoms with van der Waals surface area (Å²) in [5.74, 6) is 1.50. The van der Waals surface area contributed by atoms with Crippen LogP contribution in [0.2, 0.25) is 5.02 Å². The van der Waals surface area contributed by atoms with Crippen LogP contribution in [-0.4, -0.2) is 16.6 Å². The SMILES string of the molecule is Nc1ccc(Cl)c(S(=O)CC2COc3ccccc32)c1. The van der Waals surface area contributed by atoms with Crippen LogP contribution in [0.15, 0.2) is 47.4 Å². The molecule has 0 amide bonds. The molecule has 20 heavy (non-hydrogen) atoms. The van der Waals surface area contributed by atoms with E-state index in [-0.39, 0.29) is 5.92 Å². The number of ether oxygens (including phenoxy) is 1. The third kappa shape index (κ3) is 2.53. The van der Waals surface area contributed by atoms with Gasteiger partial charge < -0.3 is 10.5 Å². The third-order valence-electron chi connectivity index (χ3n) is 3.35. The van der Waals surface area contributed by atoms with Crippen molar-refractivity contribution < 1.29 is 8.95 Å². The lowest BCUT2D eigenvalue weighted by Crippen LogP contribution is -2.11. The van der Waals surface area contributed by atoms with E-state index in [0.29, 0.717) is 28.0 Å². The maximum absolute atomic E-state index is 12.5. The minimum atomic E-state index is -1.19. The van der Waals surface area contributed by atoms with Crippen molar-refractivity contribution in [1.82, 2.24) is 0 Å². The molecule has 2 aromatic carbocycles. The molecular formula is C15H14ClNO2S. The van der Waals surface area contributed by atoms with E-state index in [1.807, 2.05) is 24.3 Å². The van der Waals surface area contributed by atoms with Crippen LogP contribution in [0.1, 0.15) is 11.5 Å². The van der Waals surface area contributed by atoms with Gasteiger partial charge in [0.05, 0.1) is 27.3 Å². The Morgan fingerprint density at radius 1 is 1.30 bits per heavy atom. The first-order valence-electron chi connectivity index (χ1n) is 6.30. The lowest BCUT2D eigenvalue weighted by molar-refractivity contribution is 0.338. The molecule has 104 valence electrons. The smallest absolute Gasteiger partial charge is 0.122 e. The fraction of sp³-hybridized carbons (Fsp3) is 0.200. The van der Waals surface area contributed by atoms with Crippen molar-refractivity contribution >= 4 is 28.1 Å². The van der Waals surface area contributed by atoms with Gasteiger partial charge in [-0.15, -0.1) is 0 Å². The maximum Gasteiger partial charge on any atom is 0.122 e. The van der Waals surface area contributed by atoms with Gasteiger partial charge in [0.1, 0.15) is 5.75 Å². The molecule has 1 heterocycles. The highest BCUT2D eigenvalue weighted by molar-refractivity contribution is 7.85. The molecule has 3 rings (SSSR count). The van der Waals surface area contributed by atoms with E-state index >= 15 is 0 Å². The van der Waals surface area contributed by atoms with Gasteiger partial charge >= 0.3 is 0 Å². The molecule has 0 saturated heterocycles. The maximum atomic E-state index is 12.5. The molecule has 0 radical (unpaired) electrons. The topological polar surface area (TPSA) is 52.3 Å². The van der Waals surface area contributed by atoms with E-state index in [1.165, 1.54) is 0 Å². The van der Waals surface area contributed by atoms with E-state index < -0.39 is 10.8 Å². The quantitative estimate of drug-likeness (QED) is 0.886. The molecule has 2 N–H and O–H groups in total. The van der Waals surface area contributed by atoms with Gasteiger partial charge in [0, 0.05) is 22.9 Å². The van der Waals surface area contributed by atoms with Gasteiger partial charge in [0.2, 0.25) is 0 Å². The molecule has 0 spiro atoms. The second-order valence-corrected chi connectivity index (χ2v) is 6.62. The number of hydrogen-bond donors (Lipinski definition) is 1. The first-order valence-corrected chi connectivity index (χ1v) is 8.00. The largest absolute Gasteiger partial charge is 0.493 e. The summed E-state index contributed by atoms with van der Waals surface area (Å²) in [6, 6.07) is 12.9. The highest BCUT2D eigenvalue weighted by atomic mass is 35.5. The third-order valence-corrected chi connectivity index (χ3v) is 5.33. The standard InChI is InChI=1S/C15H14ClNO2S/c16-13-6-5-11(17)7-15(13)20(18)9-10-8-19-14-4-2-1-3-12(10)14/h1-7,10H,8-9,17H2. The van der Waals surface area contributed by atoms with Gasteiger partial charge in [0.25, 0.3) is 0 Å². The second kappa shape index (κ2) is 5.46. The molecule has 0 aliphatic carbocycles. The zero-order valence-corrected chi connectivity index (χ0v) is 12.3. The van der Waals surface area contributed by atoms with Crippen LogP contribution in [0.25, 0.3) is 0 Å². The van der Waals surface area contributed by atoms with Crippen molar-refractivity contribution in [2.45, 2.75) is 10.8 Å². The summed E-state index contributed by atoms with van der Waals surface area (Å²) in [6.07, 6.45) is 0. The molecule has 2 atom stereocenters. The average Bonchev–Trinajstić information content (AvgIpc) is 2.85. The van der Waals surface area contributed by atoms with Crippen LogP contribution in [-0.2, 0) is 10.8 Å². The van der Waals surface area contributed by atoms with Crippen LogP contribution >= 0.6 is 11.6 Å². The molecule has 0 aromatic heterocycles. The van der Waals surface area contributed by atoms with Gasteiger partial charge in [0.15, 0.2) is 0 Å². The van der Waals surface area contributed by atoms with Crippen molar-refractivity contribution in [3.8, 4) is 5.75 Å². The Bertz CT molecular complexity index is 675. The van der Waals surface area contributed by atoms with Crippen LogP contribution < -0.4 is 10.5 Å². The van der Waals surface area contributed by atoms with Gasteiger partial charge in [-0.2, -0.15) is 0 Å². The predicted molar refractivity (Wildman–Crippen MR) is 81.8 cm³/mol. The Labute approximate surface area is 125 Å². The van der Waals surface area contributed by atoms with Crippen molar-refractivity contribution in [3.05, 3.63) is 53.1 Å². The molecule has 1 aliphatic heterocycles. The van der Waals surface area contributed by atoms with Gasteiger partial charge in [-0.05, 0) is 24.3 Å². The summed E-state index contributed by atoms with van der Waals surface area (Å²) in [7, 11) is -1.19. The Balaban J connectivity index is 1.82. The molecule has 2 unspecified atom stereocenters. The van der Waals surface area contributed by atoms with E-state index in [4.69, 9.17) is 22.1 Å². The van der Waals surface area contributed by atoms with Crippen LogP contribution in [0.3, 0.4) is 0 Å². The van der Waals surface area contributed by atoms with Crippen molar-refractivity contribution in [2.24, 2.45) is 0 Å². The molecule has 2 aromatic rings. The first-order chi connectivity index (χ1) is 9.65. The van der Waals surface area contributed by atoms with E-state index in [1.54, 1.807) is 18.2 Å². The second-order valence-electron chi connectivity index (χ2n) is 4.75. The summed E-state index contributed by atoms with van der Waals surface area (Å²) in [6.45, 7) is 0.561. The zero-order valence-electron chi connectivity index (χ0n) is 10.7. The summed E-state index contributed by atoms with van der Waals surface area (Å²) in [5.41, 5.74) is 7.41. The van der Waals surface area contributed by atoms with E-state index in [9.17, 15) is 4.21 Å². The molecular weight excluding hydrogens is 294 g/mol. The number of benzene rings is 2. The predicted octanol–water partition coefficient (Wildman–Crippen LogP) is 3.21. The van der Waals surface area contributed by atoms with Crippen molar-refractivity contribution in [1.29, 1.82) is 0 Å². The Morgan fingerprint density at radius 3 is 2.95 bits per heavy atom. The average molecular weight is 308 g/mol. The number of nitrogen functional groups attached to an aromatic ring is 1. The monoisotopic (exact) mass is 307 g/mol. The number of halogens is 1. The fourth-order valence-electron chi connectivity index (χ4n) is 2.33. The number of fused-ring (bicyclic) bond motifs is 1. The molecule has 5 heteroatoms. The molecule has 0 bridgehead atoms. The molecule has 3 nitrogen and oxygen atoms in total. The summed E-state index contributed by atoms with van der Waals surface area (Å²) in [4.78, 5) is 0.594. The Morgan fingerprint density at radius 2 is 2.10 bits per heavy atom. The van der Waals surface area contributed by atoms with Crippen LogP contribution in [0, 0.1) is 0 Å². The van der Waals surface area contributed by atoms with Crippen LogP contribution in [0.4, 0.5) is 5.69 Å². The number of anilines is 1. The highest BCUT2D eigenvalue weighted by Crippen LogP contribution is 2.35. The van der Waals surface area contributed by atoms with Crippen LogP contribution in [0.5, 0.6) is 5.75 Å². The number of nitrogens with two attached hydrogens (primary N) is 1. The summed E-state index contributed by atoms with van der Waals surface area (Å²) in [5, 5.41) is 0.490. The summed E-state index contributed by atoms with van der Waals surface area (Å²) < 4.78 is 18.1. The van der Waals surface area contributed by atoms with Gasteiger partial charge in [-0.3, -0.25) is 4.21 Å². The summed E-state index contributed by atoms with van der Waals surface area (Å²) >= 11 is 6.10. The number of hydrogen-bond acceptors (Lipinski definition) is 3. The fourth-order valence-corrected chi connectivity index (χ4v) is 4.08. The van der Waals surface area contributed by atoms with Crippen molar-refractivity contribution in [3.63, 3.8) is 0 Å². The van der Waals surface area contributed by atoms with E-state index in [2.05, 4.69) is 0 Å². The zero-order chi connectivity index (χ0) is 14.1. The Hall–Kier alpha value is -1.52. The van der Waals surface area contributed by atoms with Crippen molar-refractivity contribution in [2.75, 3.05) is 18.1 Å². The number of para-hydroxylation sites is 1. The van der Waals surface area contributed by atoms with Gasteiger partial charge in [-0.25, -0.2) is 0 Å². The highest BCUT2D eigenvalue weighted by Gasteiger charge is 2.26. The number of rotatable bonds is 3. The Kier molecular flexibility index (Phi) is 3.68. The lowest BCUT2D eigenvalue weighted by Gasteiger charge is -2.10. The minimum Gasteiger partial charge on any atom is -0.493 e. The minimum absolute atomic E-state index is 0.129. The van der Waals surface area contributed by atoms with E-state index in [0.717, 1.165) is 11.3 Å². The normalized spacial score (nSPS) is 18.4.